The summed E-state index contributed by atoms with van der Waals surface area (Å²) in [6, 6.07) is 0. The molecule has 0 aliphatic rings. The van der Waals surface area contributed by atoms with Gasteiger partial charge in [0.2, 0.25) is 0 Å². The highest BCUT2D eigenvalue weighted by Crippen LogP contribution is 2.15. The van der Waals surface area contributed by atoms with E-state index in [4.69, 9.17) is 4.74 Å². The normalized spacial score (nSPS) is 18.6. The molecule has 0 bridgehead atoms. The van der Waals surface area contributed by atoms with Crippen molar-refractivity contribution in [2.75, 3.05) is 0 Å². The second-order valence-electron chi connectivity index (χ2n) is 2.91. The molecule has 0 aliphatic heterocycles. The predicted octanol–water partition coefficient (Wildman–Crippen LogP) is 1.89. The molecule has 0 spiro atoms. The molecule has 0 saturated heterocycles. The van der Waals surface area contributed by atoms with Gasteiger partial charge in [-0.2, -0.15) is 12.6 Å². The van der Waals surface area contributed by atoms with Gasteiger partial charge in [-0.3, -0.25) is 4.79 Å². The van der Waals surface area contributed by atoms with Crippen molar-refractivity contribution in [3.8, 4) is 0 Å². The number of thiol groups is 1. The molecule has 0 aromatic heterocycles. The standard InChI is InChI=1S/C8H16O2S/c1-5(7(3)11)6(2)10-8(4)9/h5-7,11H,1-4H3. The number of esters is 1. The molecule has 0 N–H and O–H groups in total. The number of rotatable bonds is 3. The van der Waals surface area contributed by atoms with E-state index in [-0.39, 0.29) is 17.3 Å². The van der Waals surface area contributed by atoms with Crippen LogP contribution in [0.2, 0.25) is 0 Å². The Hall–Kier alpha value is -0.180. The fourth-order valence-corrected chi connectivity index (χ4v) is 1.00. The van der Waals surface area contributed by atoms with Crippen LogP contribution in [0.1, 0.15) is 27.7 Å². The Morgan fingerprint density at radius 2 is 1.82 bits per heavy atom. The van der Waals surface area contributed by atoms with E-state index in [0.29, 0.717) is 5.92 Å². The molecule has 0 radical (unpaired) electrons. The summed E-state index contributed by atoms with van der Waals surface area (Å²) in [5, 5.41) is 0.254. The molecule has 0 aliphatic carbocycles. The van der Waals surface area contributed by atoms with Crippen molar-refractivity contribution in [1.82, 2.24) is 0 Å². The van der Waals surface area contributed by atoms with E-state index in [1.807, 2.05) is 20.8 Å². The van der Waals surface area contributed by atoms with Crippen LogP contribution in [0.3, 0.4) is 0 Å². The number of hydrogen-bond acceptors (Lipinski definition) is 3. The Bertz CT molecular complexity index is 134. The summed E-state index contributed by atoms with van der Waals surface area (Å²) in [5.74, 6) is 0.0700. The summed E-state index contributed by atoms with van der Waals surface area (Å²) in [5.41, 5.74) is 0. The van der Waals surface area contributed by atoms with E-state index in [1.165, 1.54) is 6.92 Å². The van der Waals surface area contributed by atoms with Crippen LogP contribution in [-0.4, -0.2) is 17.3 Å². The molecule has 3 atom stereocenters. The first kappa shape index (κ1) is 10.8. The predicted molar refractivity (Wildman–Crippen MR) is 48.8 cm³/mol. The minimum Gasteiger partial charge on any atom is -0.463 e. The zero-order chi connectivity index (χ0) is 9.02. The lowest BCUT2D eigenvalue weighted by Crippen LogP contribution is -2.26. The maximum Gasteiger partial charge on any atom is 0.302 e. The SMILES string of the molecule is CC(=O)OC(C)C(C)C(C)S. The van der Waals surface area contributed by atoms with Crippen LogP contribution in [0.25, 0.3) is 0 Å². The van der Waals surface area contributed by atoms with Crippen molar-refractivity contribution in [2.24, 2.45) is 5.92 Å². The topological polar surface area (TPSA) is 26.3 Å². The molecule has 0 fully saturated rings. The largest absolute Gasteiger partial charge is 0.463 e. The highest BCUT2D eigenvalue weighted by atomic mass is 32.1. The lowest BCUT2D eigenvalue weighted by Gasteiger charge is -2.22. The third kappa shape index (κ3) is 4.30. The molecule has 0 saturated carbocycles. The van der Waals surface area contributed by atoms with Crippen LogP contribution in [-0.2, 0) is 9.53 Å². The summed E-state index contributed by atoms with van der Waals surface area (Å²) in [6.07, 6.45) is -0.0417. The lowest BCUT2D eigenvalue weighted by atomic mass is 10.0. The molecule has 0 amide bonds. The van der Waals surface area contributed by atoms with Crippen molar-refractivity contribution in [3.05, 3.63) is 0 Å². The Balaban J connectivity index is 3.82. The monoisotopic (exact) mass is 176 g/mol. The molecular weight excluding hydrogens is 160 g/mol. The summed E-state index contributed by atoms with van der Waals surface area (Å²) in [7, 11) is 0. The van der Waals surface area contributed by atoms with Gasteiger partial charge in [-0.1, -0.05) is 13.8 Å². The number of hydrogen-bond donors (Lipinski definition) is 1. The van der Waals surface area contributed by atoms with Gasteiger partial charge in [0.25, 0.3) is 0 Å². The molecule has 66 valence electrons. The van der Waals surface area contributed by atoms with Gasteiger partial charge < -0.3 is 4.74 Å². The summed E-state index contributed by atoms with van der Waals surface area (Å²) in [6.45, 7) is 7.32. The van der Waals surface area contributed by atoms with E-state index in [0.717, 1.165) is 0 Å². The van der Waals surface area contributed by atoms with Gasteiger partial charge in [0, 0.05) is 18.1 Å². The van der Waals surface area contributed by atoms with Gasteiger partial charge in [-0.15, -0.1) is 0 Å². The zero-order valence-electron chi connectivity index (χ0n) is 7.50. The minimum absolute atomic E-state index is 0.0417. The first-order valence-electron chi connectivity index (χ1n) is 3.80. The first-order chi connectivity index (χ1) is 4.95. The molecule has 3 heteroatoms. The van der Waals surface area contributed by atoms with E-state index in [2.05, 4.69) is 12.6 Å². The van der Waals surface area contributed by atoms with Gasteiger partial charge in [0.1, 0.15) is 6.10 Å². The zero-order valence-corrected chi connectivity index (χ0v) is 8.39. The van der Waals surface area contributed by atoms with Crippen LogP contribution in [0.15, 0.2) is 0 Å². The summed E-state index contributed by atoms with van der Waals surface area (Å²) < 4.78 is 4.99. The van der Waals surface area contributed by atoms with Gasteiger partial charge in [-0.05, 0) is 6.92 Å². The molecule has 0 rings (SSSR count). The van der Waals surface area contributed by atoms with Crippen molar-refractivity contribution in [1.29, 1.82) is 0 Å². The number of ether oxygens (including phenoxy) is 1. The van der Waals surface area contributed by atoms with E-state index in [9.17, 15) is 4.79 Å². The van der Waals surface area contributed by atoms with E-state index >= 15 is 0 Å². The summed E-state index contributed by atoms with van der Waals surface area (Å²) in [4.78, 5) is 10.5. The maximum absolute atomic E-state index is 10.5. The quantitative estimate of drug-likeness (QED) is 0.525. The first-order valence-corrected chi connectivity index (χ1v) is 4.32. The van der Waals surface area contributed by atoms with Crippen molar-refractivity contribution >= 4 is 18.6 Å². The molecule has 0 aromatic rings. The fraction of sp³-hybridized carbons (Fsp3) is 0.875. The second-order valence-corrected chi connectivity index (χ2v) is 3.73. The Labute approximate surface area is 73.7 Å². The van der Waals surface area contributed by atoms with Crippen molar-refractivity contribution in [2.45, 2.75) is 39.0 Å². The molecule has 0 heterocycles. The Morgan fingerprint density at radius 1 is 1.36 bits per heavy atom. The molecular formula is C8H16O2S. The maximum atomic E-state index is 10.5. The minimum atomic E-state index is -0.224. The second kappa shape index (κ2) is 4.65. The van der Waals surface area contributed by atoms with Crippen molar-refractivity contribution < 1.29 is 9.53 Å². The van der Waals surface area contributed by atoms with Crippen LogP contribution >= 0.6 is 12.6 Å². The summed E-state index contributed by atoms with van der Waals surface area (Å²) >= 11 is 4.26. The van der Waals surface area contributed by atoms with Crippen LogP contribution in [0, 0.1) is 5.92 Å². The van der Waals surface area contributed by atoms with Gasteiger partial charge >= 0.3 is 5.97 Å². The highest BCUT2D eigenvalue weighted by molar-refractivity contribution is 7.80. The highest BCUT2D eigenvalue weighted by Gasteiger charge is 2.18. The van der Waals surface area contributed by atoms with Gasteiger partial charge in [-0.25, -0.2) is 0 Å². The number of carbonyl (C=O) groups is 1. The molecule has 2 nitrogen and oxygen atoms in total. The Kier molecular flexibility index (Phi) is 4.57. The van der Waals surface area contributed by atoms with Gasteiger partial charge in [0.05, 0.1) is 0 Å². The van der Waals surface area contributed by atoms with Crippen LogP contribution in [0.5, 0.6) is 0 Å². The fourth-order valence-electron chi connectivity index (χ4n) is 0.761. The molecule has 3 unspecified atom stereocenters. The number of carbonyl (C=O) groups excluding carboxylic acids is 1. The smallest absolute Gasteiger partial charge is 0.302 e. The third-order valence-corrected chi connectivity index (χ3v) is 2.32. The third-order valence-electron chi connectivity index (χ3n) is 1.85. The van der Waals surface area contributed by atoms with Gasteiger partial charge in [0.15, 0.2) is 0 Å². The molecule has 0 aromatic carbocycles. The Morgan fingerprint density at radius 3 is 2.09 bits per heavy atom. The van der Waals surface area contributed by atoms with Crippen LogP contribution < -0.4 is 0 Å². The van der Waals surface area contributed by atoms with Crippen LogP contribution in [0.4, 0.5) is 0 Å². The lowest BCUT2D eigenvalue weighted by molar-refractivity contribution is -0.147. The average Bonchev–Trinajstić information content (AvgIpc) is 1.84. The molecule has 11 heavy (non-hydrogen) atoms. The van der Waals surface area contributed by atoms with Crippen molar-refractivity contribution in [3.63, 3.8) is 0 Å². The van der Waals surface area contributed by atoms with E-state index < -0.39 is 0 Å². The average molecular weight is 176 g/mol. The van der Waals surface area contributed by atoms with E-state index in [1.54, 1.807) is 0 Å².